The van der Waals surface area contributed by atoms with Gasteiger partial charge >= 0.3 is 0 Å². The minimum Gasteiger partial charge on any atom is -0.390 e. The molecule has 1 rings (SSSR count). The monoisotopic (exact) mass is 199 g/mol. The Morgan fingerprint density at radius 3 is 2.07 bits per heavy atom. The summed E-state index contributed by atoms with van der Waals surface area (Å²) in [4.78, 5) is 2.46. The molecule has 0 aromatic heterocycles. The van der Waals surface area contributed by atoms with E-state index in [0.29, 0.717) is 12.0 Å². The fourth-order valence-electron chi connectivity index (χ4n) is 2.30. The van der Waals surface area contributed by atoms with E-state index in [1.807, 2.05) is 0 Å². The summed E-state index contributed by atoms with van der Waals surface area (Å²) in [6.45, 7) is 10.9. The first kappa shape index (κ1) is 12.0. The van der Waals surface area contributed by atoms with Crippen molar-refractivity contribution in [2.75, 3.05) is 13.1 Å². The van der Waals surface area contributed by atoms with E-state index in [9.17, 15) is 5.11 Å². The SMILES string of the molecule is CCC(C)C1(O)CCN(C(C)C)CC1. The Bertz CT molecular complexity index is 171. The normalized spacial score (nSPS) is 25.3. The summed E-state index contributed by atoms with van der Waals surface area (Å²) in [5.41, 5.74) is -0.389. The van der Waals surface area contributed by atoms with Gasteiger partial charge in [0.05, 0.1) is 5.60 Å². The molecule has 0 amide bonds. The number of likely N-dealkylation sites (tertiary alicyclic amines) is 1. The molecule has 1 fully saturated rings. The molecule has 1 aliphatic heterocycles. The summed E-state index contributed by atoms with van der Waals surface area (Å²) in [5, 5.41) is 10.4. The van der Waals surface area contributed by atoms with Crippen LogP contribution in [0.25, 0.3) is 0 Å². The van der Waals surface area contributed by atoms with E-state index >= 15 is 0 Å². The molecule has 0 radical (unpaired) electrons. The molecule has 0 aromatic rings. The van der Waals surface area contributed by atoms with Crippen molar-refractivity contribution >= 4 is 0 Å². The van der Waals surface area contributed by atoms with Gasteiger partial charge in [0.25, 0.3) is 0 Å². The second-order valence-electron chi connectivity index (χ2n) is 5.04. The molecule has 2 nitrogen and oxygen atoms in total. The average Bonchev–Trinajstić information content (AvgIpc) is 2.17. The van der Waals surface area contributed by atoms with Gasteiger partial charge in [0, 0.05) is 19.1 Å². The molecule has 1 heterocycles. The minimum atomic E-state index is -0.389. The van der Waals surface area contributed by atoms with Gasteiger partial charge in [-0.25, -0.2) is 0 Å². The Labute approximate surface area is 88.3 Å². The van der Waals surface area contributed by atoms with Gasteiger partial charge in [-0.2, -0.15) is 0 Å². The molecule has 0 aromatic carbocycles. The van der Waals surface area contributed by atoms with Crippen LogP contribution in [0, 0.1) is 5.92 Å². The summed E-state index contributed by atoms with van der Waals surface area (Å²) in [7, 11) is 0. The molecule has 1 saturated heterocycles. The standard InChI is InChI=1S/C12H25NO/c1-5-11(4)12(14)6-8-13(9-7-12)10(2)3/h10-11,14H,5-9H2,1-4H3. The summed E-state index contributed by atoms with van der Waals surface area (Å²) in [6, 6.07) is 0.622. The predicted octanol–water partition coefficient (Wildman–Crippen LogP) is 2.27. The third-order valence-corrected chi connectivity index (χ3v) is 3.92. The lowest BCUT2D eigenvalue weighted by molar-refractivity contribution is -0.0673. The molecular formula is C12H25NO. The maximum atomic E-state index is 10.4. The van der Waals surface area contributed by atoms with Crippen LogP contribution in [0.2, 0.25) is 0 Å². The lowest BCUT2D eigenvalue weighted by Gasteiger charge is -2.43. The Morgan fingerprint density at radius 1 is 1.21 bits per heavy atom. The summed E-state index contributed by atoms with van der Waals surface area (Å²) < 4.78 is 0. The van der Waals surface area contributed by atoms with Gasteiger partial charge in [-0.1, -0.05) is 20.3 Å². The number of hydrogen-bond donors (Lipinski definition) is 1. The van der Waals surface area contributed by atoms with Crippen molar-refractivity contribution in [2.24, 2.45) is 5.92 Å². The molecule has 1 atom stereocenters. The van der Waals surface area contributed by atoms with Crippen molar-refractivity contribution in [1.29, 1.82) is 0 Å². The van der Waals surface area contributed by atoms with E-state index in [-0.39, 0.29) is 5.60 Å². The van der Waals surface area contributed by atoms with Crippen LogP contribution < -0.4 is 0 Å². The van der Waals surface area contributed by atoms with Crippen molar-refractivity contribution in [1.82, 2.24) is 4.90 Å². The topological polar surface area (TPSA) is 23.5 Å². The number of hydrogen-bond acceptors (Lipinski definition) is 2. The third kappa shape index (κ3) is 2.48. The maximum Gasteiger partial charge on any atom is 0.0697 e. The lowest BCUT2D eigenvalue weighted by Crippen LogP contribution is -2.49. The minimum absolute atomic E-state index is 0.389. The smallest absolute Gasteiger partial charge is 0.0697 e. The van der Waals surface area contributed by atoms with Crippen LogP contribution in [0.5, 0.6) is 0 Å². The largest absolute Gasteiger partial charge is 0.390 e. The van der Waals surface area contributed by atoms with Crippen LogP contribution in [0.3, 0.4) is 0 Å². The average molecular weight is 199 g/mol. The van der Waals surface area contributed by atoms with Gasteiger partial charge in [0.1, 0.15) is 0 Å². The molecular weight excluding hydrogens is 174 g/mol. The van der Waals surface area contributed by atoms with Gasteiger partial charge in [-0.05, 0) is 32.6 Å². The summed E-state index contributed by atoms with van der Waals surface area (Å²) in [5.74, 6) is 0.441. The molecule has 84 valence electrons. The fraction of sp³-hybridized carbons (Fsp3) is 1.00. The highest BCUT2D eigenvalue weighted by molar-refractivity contribution is 4.90. The zero-order valence-corrected chi connectivity index (χ0v) is 10.1. The second kappa shape index (κ2) is 4.63. The fourth-order valence-corrected chi connectivity index (χ4v) is 2.30. The van der Waals surface area contributed by atoms with Crippen LogP contribution >= 0.6 is 0 Å². The highest BCUT2D eigenvalue weighted by Gasteiger charge is 2.36. The predicted molar refractivity (Wildman–Crippen MR) is 60.3 cm³/mol. The van der Waals surface area contributed by atoms with Crippen LogP contribution in [-0.4, -0.2) is 34.7 Å². The molecule has 2 heteroatoms. The third-order valence-electron chi connectivity index (χ3n) is 3.92. The molecule has 0 aliphatic carbocycles. The van der Waals surface area contributed by atoms with E-state index in [2.05, 4.69) is 32.6 Å². The van der Waals surface area contributed by atoms with Gasteiger partial charge in [-0.3, -0.25) is 0 Å². The highest BCUT2D eigenvalue weighted by Crippen LogP contribution is 2.32. The molecule has 1 N–H and O–H groups in total. The number of rotatable bonds is 3. The van der Waals surface area contributed by atoms with E-state index < -0.39 is 0 Å². The number of nitrogens with zero attached hydrogens (tertiary/aromatic N) is 1. The molecule has 0 spiro atoms. The van der Waals surface area contributed by atoms with Gasteiger partial charge in [-0.15, -0.1) is 0 Å². The number of piperidine rings is 1. The van der Waals surface area contributed by atoms with Crippen LogP contribution in [0.4, 0.5) is 0 Å². The Morgan fingerprint density at radius 2 is 1.71 bits per heavy atom. The quantitative estimate of drug-likeness (QED) is 0.753. The molecule has 1 unspecified atom stereocenters. The maximum absolute atomic E-state index is 10.4. The Hall–Kier alpha value is -0.0800. The van der Waals surface area contributed by atoms with E-state index in [1.165, 1.54) is 0 Å². The first-order valence-electron chi connectivity index (χ1n) is 5.96. The van der Waals surface area contributed by atoms with Crippen molar-refractivity contribution < 1.29 is 5.11 Å². The first-order valence-corrected chi connectivity index (χ1v) is 5.96. The van der Waals surface area contributed by atoms with Crippen LogP contribution in [0.15, 0.2) is 0 Å². The van der Waals surface area contributed by atoms with Crippen molar-refractivity contribution in [3.8, 4) is 0 Å². The van der Waals surface area contributed by atoms with Gasteiger partial charge in [0.15, 0.2) is 0 Å². The first-order chi connectivity index (χ1) is 6.49. The Balaban J connectivity index is 2.48. The van der Waals surface area contributed by atoms with Crippen molar-refractivity contribution in [3.63, 3.8) is 0 Å². The molecule has 0 saturated carbocycles. The second-order valence-corrected chi connectivity index (χ2v) is 5.04. The van der Waals surface area contributed by atoms with Crippen molar-refractivity contribution in [2.45, 2.75) is 58.6 Å². The molecule has 14 heavy (non-hydrogen) atoms. The Kier molecular flexibility index (Phi) is 3.96. The van der Waals surface area contributed by atoms with Crippen LogP contribution in [-0.2, 0) is 0 Å². The van der Waals surface area contributed by atoms with E-state index in [4.69, 9.17) is 0 Å². The highest BCUT2D eigenvalue weighted by atomic mass is 16.3. The van der Waals surface area contributed by atoms with Crippen molar-refractivity contribution in [3.05, 3.63) is 0 Å². The zero-order chi connectivity index (χ0) is 10.8. The molecule has 0 bridgehead atoms. The number of aliphatic hydroxyl groups is 1. The molecule has 1 aliphatic rings. The van der Waals surface area contributed by atoms with E-state index in [0.717, 1.165) is 32.4 Å². The van der Waals surface area contributed by atoms with E-state index in [1.54, 1.807) is 0 Å². The van der Waals surface area contributed by atoms with Gasteiger partial charge in [0.2, 0.25) is 0 Å². The summed E-state index contributed by atoms with van der Waals surface area (Å²) in [6.07, 6.45) is 2.97. The lowest BCUT2D eigenvalue weighted by atomic mass is 9.79. The summed E-state index contributed by atoms with van der Waals surface area (Å²) >= 11 is 0. The van der Waals surface area contributed by atoms with Gasteiger partial charge < -0.3 is 10.0 Å². The zero-order valence-electron chi connectivity index (χ0n) is 10.1. The van der Waals surface area contributed by atoms with Crippen LogP contribution in [0.1, 0.15) is 47.0 Å².